The number of rotatable bonds is 10. The first-order valence-electron chi connectivity index (χ1n) is 18.5. The quantitative estimate of drug-likeness (QED) is 0.277. The van der Waals surface area contributed by atoms with E-state index >= 15 is 0 Å². The third-order valence-corrected chi connectivity index (χ3v) is 10.6. The highest BCUT2D eigenvalue weighted by Crippen LogP contribution is 2.38. The van der Waals surface area contributed by atoms with E-state index in [-0.39, 0.29) is 37.3 Å². The number of amides is 3. The lowest BCUT2D eigenvalue weighted by molar-refractivity contribution is -0.132. The van der Waals surface area contributed by atoms with Crippen LogP contribution >= 0.6 is 0 Å². The van der Waals surface area contributed by atoms with Crippen LogP contribution in [-0.4, -0.2) is 104 Å². The van der Waals surface area contributed by atoms with Gasteiger partial charge in [0.15, 0.2) is 12.2 Å². The van der Waals surface area contributed by atoms with Crippen molar-refractivity contribution in [2.24, 2.45) is 11.8 Å². The van der Waals surface area contributed by atoms with Gasteiger partial charge in [0.25, 0.3) is 5.91 Å². The number of hydrogen-bond acceptors (Lipinski definition) is 12. The number of likely N-dealkylation sites (tertiary alicyclic amines) is 1. The summed E-state index contributed by atoms with van der Waals surface area (Å²) in [7, 11) is 0. The summed E-state index contributed by atoms with van der Waals surface area (Å²) in [6, 6.07) is 6.64. The number of nitrogens with zero attached hydrogens (tertiary/aromatic N) is 6. The summed E-state index contributed by atoms with van der Waals surface area (Å²) < 4.78 is 17.1. The molecule has 3 amide bonds. The van der Waals surface area contributed by atoms with Gasteiger partial charge in [-0.3, -0.25) is 14.5 Å². The molecule has 7 rings (SSSR count). The second kappa shape index (κ2) is 14.8. The molecule has 2 bridgehead atoms. The highest BCUT2D eigenvalue weighted by atomic mass is 16.6. The molecule has 0 spiro atoms. The smallest absolute Gasteiger partial charge is 0.410 e. The Morgan fingerprint density at radius 3 is 2.49 bits per heavy atom. The molecule has 5 heterocycles. The average molecular weight is 731 g/mol. The molecular weight excluding hydrogens is 680 g/mol. The van der Waals surface area contributed by atoms with Crippen LogP contribution in [0.25, 0.3) is 0 Å². The maximum absolute atomic E-state index is 13.7. The summed E-state index contributed by atoms with van der Waals surface area (Å²) in [4.78, 5) is 58.1. The fraction of sp³-hybridized carbons (Fsp3) is 0.579. The summed E-state index contributed by atoms with van der Waals surface area (Å²) in [6.07, 6.45) is 3.64. The zero-order valence-electron chi connectivity index (χ0n) is 31.1. The van der Waals surface area contributed by atoms with Crippen molar-refractivity contribution < 1.29 is 33.4 Å². The van der Waals surface area contributed by atoms with Gasteiger partial charge in [0, 0.05) is 52.3 Å². The second-order valence-electron chi connectivity index (χ2n) is 15.9. The molecule has 53 heavy (non-hydrogen) atoms. The van der Waals surface area contributed by atoms with Crippen LogP contribution in [0.1, 0.15) is 80.0 Å². The Morgan fingerprint density at radius 2 is 1.81 bits per heavy atom. The van der Waals surface area contributed by atoms with Crippen LogP contribution in [0, 0.1) is 18.8 Å². The number of anilines is 2. The van der Waals surface area contributed by atoms with Crippen molar-refractivity contribution in [2.45, 2.75) is 97.2 Å². The monoisotopic (exact) mass is 730 g/mol. The molecule has 1 aromatic carbocycles. The lowest BCUT2D eigenvalue weighted by atomic mass is 9.91. The standard InChI is InChI=1S/C38H50N8O7/c1-22-33(52-21-40-22)20-51-29-9-8-26-12-31(46(17-27(26)11-29)37(50)53-38(3,4)5)32(48)14-39-35(49)30-13-34(41-28-18-44(19-28)23(2)47)43-36(42-30)45-15-24-6-7-25(10-24)16-45/h8-9,11,13,21,24-25,28,31-32,48H,6-7,10,12,14-20H2,1-5H3,(H,39,49)(H,41,42,43)/t24?,25?,31-,32+/m0/s1. The van der Waals surface area contributed by atoms with E-state index in [1.807, 2.05) is 25.1 Å². The lowest BCUT2D eigenvalue weighted by Gasteiger charge is -2.40. The number of piperidine rings is 1. The first-order chi connectivity index (χ1) is 25.3. The van der Waals surface area contributed by atoms with Gasteiger partial charge in [-0.1, -0.05) is 6.07 Å². The van der Waals surface area contributed by atoms with E-state index in [0.29, 0.717) is 54.6 Å². The Morgan fingerprint density at radius 1 is 1.06 bits per heavy atom. The van der Waals surface area contributed by atoms with Crippen LogP contribution in [0.15, 0.2) is 35.1 Å². The number of aromatic nitrogens is 3. The van der Waals surface area contributed by atoms with Crippen molar-refractivity contribution in [1.29, 1.82) is 0 Å². The van der Waals surface area contributed by atoms with E-state index in [1.54, 1.807) is 38.7 Å². The molecule has 15 nitrogen and oxygen atoms in total. The molecule has 2 aromatic heterocycles. The first kappa shape index (κ1) is 36.4. The lowest BCUT2D eigenvalue weighted by Crippen LogP contribution is -2.56. The van der Waals surface area contributed by atoms with Crippen LogP contribution in [-0.2, 0) is 29.1 Å². The molecule has 4 atom stereocenters. The molecule has 2 saturated heterocycles. The SMILES string of the molecule is CC(=O)N1CC(Nc2cc(C(=O)NC[C@@H](O)[C@@H]3Cc4ccc(OCc5ocnc5C)cc4CN3C(=O)OC(C)(C)C)nc(N3CC4CCC(C4)C3)n2)C1. The molecule has 4 aliphatic rings. The number of ether oxygens (including phenoxy) is 2. The van der Waals surface area contributed by atoms with Crippen molar-refractivity contribution in [3.05, 3.63) is 58.9 Å². The number of hydrogen-bond donors (Lipinski definition) is 3. The fourth-order valence-corrected chi connectivity index (χ4v) is 7.75. The highest BCUT2D eigenvalue weighted by Gasteiger charge is 2.38. The van der Waals surface area contributed by atoms with Gasteiger partial charge in [-0.25, -0.2) is 14.8 Å². The molecule has 1 aliphatic carbocycles. The summed E-state index contributed by atoms with van der Waals surface area (Å²) in [5.74, 6) is 3.00. The molecule has 3 N–H and O–H groups in total. The van der Waals surface area contributed by atoms with Gasteiger partial charge in [-0.05, 0) is 88.5 Å². The van der Waals surface area contributed by atoms with Gasteiger partial charge < -0.3 is 39.4 Å². The van der Waals surface area contributed by atoms with E-state index in [9.17, 15) is 19.5 Å². The molecule has 0 radical (unpaired) electrons. The second-order valence-corrected chi connectivity index (χ2v) is 15.9. The number of benzene rings is 1. The van der Waals surface area contributed by atoms with E-state index in [1.165, 1.54) is 30.6 Å². The highest BCUT2D eigenvalue weighted by molar-refractivity contribution is 5.93. The zero-order valence-corrected chi connectivity index (χ0v) is 31.1. The number of nitrogens with one attached hydrogen (secondary N) is 2. The topological polar surface area (TPSA) is 175 Å². The molecular formula is C38H50N8O7. The van der Waals surface area contributed by atoms with Gasteiger partial charge in [-0.15, -0.1) is 0 Å². The van der Waals surface area contributed by atoms with Crippen molar-refractivity contribution in [2.75, 3.05) is 42.9 Å². The first-order valence-corrected chi connectivity index (χ1v) is 18.5. The Labute approximate surface area is 309 Å². The van der Waals surface area contributed by atoms with E-state index in [0.717, 1.165) is 29.9 Å². The number of carbonyl (C=O) groups is 3. The summed E-state index contributed by atoms with van der Waals surface area (Å²) >= 11 is 0. The maximum Gasteiger partial charge on any atom is 0.410 e. The fourth-order valence-electron chi connectivity index (χ4n) is 7.75. The van der Waals surface area contributed by atoms with Crippen LogP contribution in [0.3, 0.4) is 0 Å². The summed E-state index contributed by atoms with van der Waals surface area (Å²) in [5, 5.41) is 17.9. The minimum atomic E-state index is -1.12. The largest absolute Gasteiger partial charge is 0.486 e. The number of aryl methyl sites for hydroxylation is 1. The van der Waals surface area contributed by atoms with Crippen LogP contribution < -0.4 is 20.3 Å². The van der Waals surface area contributed by atoms with E-state index in [2.05, 4.69) is 20.5 Å². The summed E-state index contributed by atoms with van der Waals surface area (Å²) in [6.45, 7) is 11.9. The molecule has 284 valence electrons. The Balaban J connectivity index is 1.06. The number of fused-ring (bicyclic) bond motifs is 3. The Kier molecular flexibility index (Phi) is 10.2. The number of aliphatic hydroxyl groups is 1. The van der Waals surface area contributed by atoms with Gasteiger partial charge in [-0.2, -0.15) is 4.98 Å². The Bertz CT molecular complexity index is 1820. The minimum Gasteiger partial charge on any atom is -0.486 e. The number of carbonyl (C=O) groups excluding carboxylic acids is 3. The van der Waals surface area contributed by atoms with Gasteiger partial charge in [0.2, 0.25) is 11.9 Å². The van der Waals surface area contributed by atoms with E-state index in [4.69, 9.17) is 23.9 Å². The van der Waals surface area contributed by atoms with Gasteiger partial charge in [0.05, 0.1) is 23.9 Å². The van der Waals surface area contributed by atoms with Crippen molar-refractivity contribution in [3.63, 3.8) is 0 Å². The van der Waals surface area contributed by atoms with Crippen LogP contribution in [0.2, 0.25) is 0 Å². The van der Waals surface area contributed by atoms with Crippen LogP contribution in [0.5, 0.6) is 5.75 Å². The molecule has 1 saturated carbocycles. The maximum atomic E-state index is 13.7. The molecule has 15 heteroatoms. The molecule has 3 aliphatic heterocycles. The van der Waals surface area contributed by atoms with Gasteiger partial charge >= 0.3 is 6.09 Å². The predicted molar refractivity (Wildman–Crippen MR) is 194 cm³/mol. The van der Waals surface area contributed by atoms with Crippen LogP contribution in [0.4, 0.5) is 16.6 Å². The normalized spacial score (nSPS) is 21.8. The Hall–Kier alpha value is -4.92. The van der Waals surface area contributed by atoms with Gasteiger partial charge in [0.1, 0.15) is 29.5 Å². The zero-order chi connectivity index (χ0) is 37.4. The number of oxazole rings is 1. The summed E-state index contributed by atoms with van der Waals surface area (Å²) in [5.41, 5.74) is 2.00. The third-order valence-electron chi connectivity index (χ3n) is 10.6. The van der Waals surface area contributed by atoms with Crippen molar-refractivity contribution in [3.8, 4) is 5.75 Å². The predicted octanol–water partition coefficient (Wildman–Crippen LogP) is 3.68. The third kappa shape index (κ3) is 8.50. The minimum absolute atomic E-state index is 0.0186. The van der Waals surface area contributed by atoms with E-state index < -0.39 is 29.7 Å². The van der Waals surface area contributed by atoms with Crippen molar-refractivity contribution in [1.82, 2.24) is 30.1 Å². The number of aliphatic hydroxyl groups excluding tert-OH is 1. The molecule has 2 unspecified atom stereocenters. The molecule has 3 aromatic rings. The average Bonchev–Trinajstić information content (AvgIpc) is 3.67. The van der Waals surface area contributed by atoms with Crippen molar-refractivity contribution >= 4 is 29.7 Å². The molecule has 3 fully saturated rings.